The van der Waals surface area contributed by atoms with Crippen LogP contribution in [0.15, 0.2) is 53.4 Å². The Hall–Kier alpha value is -2.16. The highest BCUT2D eigenvalue weighted by atomic mass is 35.5. The maximum Gasteiger partial charge on any atom is 0.317 e. The van der Waals surface area contributed by atoms with E-state index in [9.17, 15) is 17.6 Å². The van der Waals surface area contributed by atoms with Crippen molar-refractivity contribution in [2.45, 2.75) is 23.8 Å². The molecule has 2 aliphatic rings. The quantitative estimate of drug-likeness (QED) is 0.754. The number of piperazine rings is 1. The van der Waals surface area contributed by atoms with Crippen molar-refractivity contribution in [1.82, 2.24) is 14.5 Å². The fourth-order valence-corrected chi connectivity index (χ4v) is 5.23. The van der Waals surface area contributed by atoms with Crippen molar-refractivity contribution in [1.29, 1.82) is 0 Å². The normalized spacial score (nSPS) is 18.8. The van der Waals surface area contributed by atoms with Crippen molar-refractivity contribution >= 4 is 27.7 Å². The molecule has 1 heterocycles. The van der Waals surface area contributed by atoms with Crippen LogP contribution in [0.4, 0.5) is 9.18 Å². The standard InChI is InChI=1S/C21H23ClFN3O3S/c22-17-5-3-16(4-6-17)20(15-1-2-15)24-21(27)25-11-13-26(14-12-25)30(28,29)19-9-7-18(23)8-10-19/h3-10,15,20H,1-2,11-14H2,(H,24,27)/t20-/m0/s1. The van der Waals surface area contributed by atoms with Crippen molar-refractivity contribution in [3.05, 3.63) is 64.9 Å². The molecule has 2 aromatic carbocycles. The van der Waals surface area contributed by atoms with Crippen molar-refractivity contribution in [2.24, 2.45) is 5.92 Å². The van der Waals surface area contributed by atoms with Crippen LogP contribution >= 0.6 is 11.6 Å². The van der Waals surface area contributed by atoms with E-state index in [1.807, 2.05) is 24.3 Å². The maximum atomic E-state index is 13.1. The minimum Gasteiger partial charge on any atom is -0.331 e. The zero-order valence-corrected chi connectivity index (χ0v) is 17.9. The van der Waals surface area contributed by atoms with Crippen molar-refractivity contribution in [3.63, 3.8) is 0 Å². The summed E-state index contributed by atoms with van der Waals surface area (Å²) >= 11 is 5.97. The average Bonchev–Trinajstić information content (AvgIpc) is 3.58. The fourth-order valence-electron chi connectivity index (χ4n) is 3.68. The molecule has 0 spiro atoms. The van der Waals surface area contributed by atoms with E-state index in [1.165, 1.54) is 16.4 Å². The van der Waals surface area contributed by atoms with Gasteiger partial charge in [0.1, 0.15) is 5.82 Å². The first-order chi connectivity index (χ1) is 14.3. The Kier molecular flexibility index (Phi) is 5.99. The zero-order chi connectivity index (χ0) is 21.3. The number of carbonyl (C=O) groups is 1. The summed E-state index contributed by atoms with van der Waals surface area (Å²) in [5, 5.41) is 3.76. The lowest BCUT2D eigenvalue weighted by Gasteiger charge is -2.35. The van der Waals surface area contributed by atoms with Crippen molar-refractivity contribution in [3.8, 4) is 0 Å². The lowest BCUT2D eigenvalue weighted by molar-refractivity contribution is 0.167. The molecule has 2 amide bonds. The van der Waals surface area contributed by atoms with Crippen LogP contribution in [0.25, 0.3) is 0 Å². The van der Waals surface area contributed by atoms with Gasteiger partial charge in [0.25, 0.3) is 0 Å². The molecule has 0 bridgehead atoms. The first kappa shape index (κ1) is 21.1. The van der Waals surface area contributed by atoms with Crippen LogP contribution in [-0.2, 0) is 10.0 Å². The van der Waals surface area contributed by atoms with Crippen LogP contribution in [0.5, 0.6) is 0 Å². The molecule has 1 aliphatic carbocycles. The highest BCUT2D eigenvalue weighted by Crippen LogP contribution is 2.41. The molecule has 0 radical (unpaired) electrons. The number of sulfonamides is 1. The lowest BCUT2D eigenvalue weighted by Crippen LogP contribution is -2.53. The third kappa shape index (κ3) is 4.61. The molecule has 160 valence electrons. The summed E-state index contributed by atoms with van der Waals surface area (Å²) in [5.41, 5.74) is 1.02. The van der Waals surface area contributed by atoms with E-state index in [2.05, 4.69) is 5.32 Å². The summed E-state index contributed by atoms with van der Waals surface area (Å²) in [4.78, 5) is 14.5. The summed E-state index contributed by atoms with van der Waals surface area (Å²) in [6.45, 7) is 0.985. The zero-order valence-electron chi connectivity index (χ0n) is 16.3. The number of nitrogens with zero attached hydrogens (tertiary/aromatic N) is 2. The van der Waals surface area contributed by atoms with Crippen molar-refractivity contribution in [2.75, 3.05) is 26.2 Å². The molecule has 2 fully saturated rings. The second-order valence-corrected chi connectivity index (χ2v) is 10.0. The van der Waals surface area contributed by atoms with Gasteiger partial charge >= 0.3 is 6.03 Å². The van der Waals surface area contributed by atoms with E-state index < -0.39 is 15.8 Å². The molecule has 9 heteroatoms. The van der Waals surface area contributed by atoms with Crippen LogP contribution in [0.2, 0.25) is 5.02 Å². The largest absolute Gasteiger partial charge is 0.331 e. The molecular weight excluding hydrogens is 429 g/mol. The van der Waals surface area contributed by atoms with Gasteiger partial charge in [-0.3, -0.25) is 0 Å². The van der Waals surface area contributed by atoms with E-state index >= 15 is 0 Å². The van der Waals surface area contributed by atoms with Gasteiger partial charge in [-0.2, -0.15) is 4.31 Å². The molecule has 1 N–H and O–H groups in total. The summed E-state index contributed by atoms with van der Waals surface area (Å²) < 4.78 is 39.9. The molecule has 1 atom stereocenters. The predicted octanol–water partition coefficient (Wildman–Crippen LogP) is 3.65. The van der Waals surface area contributed by atoms with Gasteiger partial charge in [-0.15, -0.1) is 0 Å². The van der Waals surface area contributed by atoms with Gasteiger partial charge in [-0.1, -0.05) is 23.7 Å². The molecule has 2 aromatic rings. The summed E-state index contributed by atoms with van der Waals surface area (Å²) in [5.74, 6) is -0.0726. The van der Waals surface area contributed by atoms with Crippen LogP contribution < -0.4 is 5.32 Å². The highest BCUT2D eigenvalue weighted by Gasteiger charge is 2.36. The van der Waals surface area contributed by atoms with Gasteiger partial charge < -0.3 is 10.2 Å². The Balaban J connectivity index is 1.38. The minimum absolute atomic E-state index is 0.0540. The smallest absolute Gasteiger partial charge is 0.317 e. The molecule has 30 heavy (non-hydrogen) atoms. The van der Waals surface area contributed by atoms with E-state index in [4.69, 9.17) is 11.6 Å². The van der Waals surface area contributed by atoms with Crippen LogP contribution in [-0.4, -0.2) is 49.8 Å². The molecule has 0 aromatic heterocycles. The Morgan fingerprint density at radius 2 is 1.60 bits per heavy atom. The topological polar surface area (TPSA) is 69.7 Å². The second kappa shape index (κ2) is 8.53. The molecule has 6 nitrogen and oxygen atoms in total. The predicted molar refractivity (Wildman–Crippen MR) is 112 cm³/mol. The first-order valence-corrected chi connectivity index (χ1v) is 11.7. The highest BCUT2D eigenvalue weighted by molar-refractivity contribution is 7.89. The van der Waals surface area contributed by atoms with E-state index in [0.29, 0.717) is 24.0 Å². The Morgan fingerprint density at radius 3 is 2.17 bits per heavy atom. The monoisotopic (exact) mass is 451 g/mol. The molecule has 0 unspecified atom stereocenters. The van der Waals surface area contributed by atoms with Gasteiger partial charge in [0, 0.05) is 31.2 Å². The number of nitrogens with one attached hydrogen (secondary N) is 1. The Morgan fingerprint density at radius 1 is 1.00 bits per heavy atom. The van der Waals surface area contributed by atoms with E-state index in [1.54, 1.807) is 4.90 Å². The lowest BCUT2D eigenvalue weighted by atomic mass is 10.0. The number of hydrogen-bond acceptors (Lipinski definition) is 3. The fraction of sp³-hybridized carbons (Fsp3) is 0.381. The number of amides is 2. The van der Waals surface area contributed by atoms with Crippen LogP contribution in [0.3, 0.4) is 0 Å². The van der Waals surface area contributed by atoms with Gasteiger partial charge in [0.05, 0.1) is 10.9 Å². The summed E-state index contributed by atoms with van der Waals surface area (Å²) in [6.07, 6.45) is 2.13. The van der Waals surface area contributed by atoms with Gasteiger partial charge in [-0.25, -0.2) is 17.6 Å². The van der Waals surface area contributed by atoms with Gasteiger partial charge in [0.15, 0.2) is 0 Å². The summed E-state index contributed by atoms with van der Waals surface area (Å²) in [6, 6.07) is 12.0. The van der Waals surface area contributed by atoms with E-state index in [-0.39, 0.29) is 30.1 Å². The van der Waals surface area contributed by atoms with Crippen LogP contribution in [0.1, 0.15) is 24.4 Å². The molecule has 4 rings (SSSR count). The molecule has 1 saturated heterocycles. The third-order valence-electron chi connectivity index (χ3n) is 5.58. The van der Waals surface area contributed by atoms with Gasteiger partial charge in [0.2, 0.25) is 10.0 Å². The number of urea groups is 1. The Labute approximate surface area is 180 Å². The minimum atomic E-state index is -3.71. The number of benzene rings is 2. The Bertz CT molecular complexity index is 1000. The first-order valence-electron chi connectivity index (χ1n) is 9.91. The van der Waals surface area contributed by atoms with Crippen molar-refractivity contribution < 1.29 is 17.6 Å². The molecule has 1 saturated carbocycles. The second-order valence-electron chi connectivity index (χ2n) is 7.66. The van der Waals surface area contributed by atoms with Crippen LogP contribution in [0, 0.1) is 11.7 Å². The maximum absolute atomic E-state index is 13.1. The third-order valence-corrected chi connectivity index (χ3v) is 7.74. The molecular formula is C21H23ClFN3O3S. The number of carbonyl (C=O) groups excluding carboxylic acids is 1. The number of rotatable bonds is 5. The molecule has 1 aliphatic heterocycles. The van der Waals surface area contributed by atoms with E-state index in [0.717, 1.165) is 30.5 Å². The summed E-state index contributed by atoms with van der Waals surface area (Å²) in [7, 11) is -3.71. The SMILES string of the molecule is O=C(N[C@H](c1ccc(Cl)cc1)C1CC1)N1CCN(S(=O)(=O)c2ccc(F)cc2)CC1. The average molecular weight is 452 g/mol. The van der Waals surface area contributed by atoms with Gasteiger partial charge in [-0.05, 0) is 60.7 Å². The number of halogens is 2. The number of hydrogen-bond donors (Lipinski definition) is 1.